The minimum absolute atomic E-state index is 0.207. The van der Waals surface area contributed by atoms with Gasteiger partial charge in [-0.2, -0.15) is 5.10 Å². The Morgan fingerprint density at radius 2 is 2.04 bits per heavy atom. The first-order valence-corrected chi connectivity index (χ1v) is 8.51. The SMILES string of the molecule is CC(C)(C)OC(=O)N1CCC(Cn2ncc3cc(N)ccc32)CC1. The first-order valence-electron chi connectivity index (χ1n) is 8.51. The van der Waals surface area contributed by atoms with Crippen molar-refractivity contribution < 1.29 is 9.53 Å². The largest absolute Gasteiger partial charge is 0.444 e. The topological polar surface area (TPSA) is 73.4 Å². The number of rotatable bonds is 2. The van der Waals surface area contributed by atoms with E-state index in [0.29, 0.717) is 5.92 Å². The van der Waals surface area contributed by atoms with Crippen molar-refractivity contribution in [3.63, 3.8) is 0 Å². The molecule has 1 aromatic heterocycles. The molecule has 0 radical (unpaired) electrons. The van der Waals surface area contributed by atoms with Gasteiger partial charge in [-0.25, -0.2) is 4.79 Å². The van der Waals surface area contributed by atoms with Crippen LogP contribution in [0.5, 0.6) is 0 Å². The zero-order chi connectivity index (χ0) is 17.3. The highest BCUT2D eigenvalue weighted by Crippen LogP contribution is 2.23. The van der Waals surface area contributed by atoms with Crippen molar-refractivity contribution in [2.24, 2.45) is 5.92 Å². The molecule has 2 aromatic rings. The van der Waals surface area contributed by atoms with Crippen LogP contribution in [0.25, 0.3) is 10.9 Å². The van der Waals surface area contributed by atoms with E-state index in [2.05, 4.69) is 5.10 Å². The molecule has 1 aromatic carbocycles. The molecule has 1 aliphatic heterocycles. The number of hydrogen-bond acceptors (Lipinski definition) is 4. The number of nitrogens with zero attached hydrogens (tertiary/aromatic N) is 3. The standard InChI is InChI=1S/C18H26N4O2/c1-18(2,3)24-17(23)21-8-6-13(7-9-21)12-22-16-5-4-15(19)10-14(16)11-20-22/h4-5,10-11,13H,6-9,12,19H2,1-3H3. The minimum Gasteiger partial charge on any atom is -0.444 e. The van der Waals surface area contributed by atoms with Gasteiger partial charge in [0.15, 0.2) is 0 Å². The molecule has 6 heteroatoms. The number of piperidine rings is 1. The molecular weight excluding hydrogens is 304 g/mol. The Hall–Kier alpha value is -2.24. The highest BCUT2D eigenvalue weighted by atomic mass is 16.6. The normalized spacial score (nSPS) is 16.5. The zero-order valence-electron chi connectivity index (χ0n) is 14.7. The lowest BCUT2D eigenvalue weighted by Gasteiger charge is -2.33. The number of fused-ring (bicyclic) bond motifs is 1. The predicted molar refractivity (Wildman–Crippen MR) is 94.7 cm³/mol. The Kier molecular flexibility index (Phi) is 4.39. The summed E-state index contributed by atoms with van der Waals surface area (Å²) >= 11 is 0. The second kappa shape index (κ2) is 6.34. The second-order valence-electron chi connectivity index (χ2n) is 7.56. The number of amides is 1. The molecule has 0 bridgehead atoms. The number of nitrogens with two attached hydrogens (primary N) is 1. The number of nitrogen functional groups attached to an aromatic ring is 1. The van der Waals surface area contributed by atoms with Crippen LogP contribution in [0.3, 0.4) is 0 Å². The van der Waals surface area contributed by atoms with Crippen molar-refractivity contribution in [3.8, 4) is 0 Å². The number of ether oxygens (including phenoxy) is 1. The highest BCUT2D eigenvalue weighted by molar-refractivity contribution is 5.81. The lowest BCUT2D eigenvalue weighted by molar-refractivity contribution is 0.0177. The quantitative estimate of drug-likeness (QED) is 0.858. The van der Waals surface area contributed by atoms with Gasteiger partial charge in [-0.3, -0.25) is 4.68 Å². The molecule has 0 saturated carbocycles. The van der Waals surface area contributed by atoms with E-state index in [1.807, 2.05) is 54.7 Å². The Labute approximate surface area is 142 Å². The summed E-state index contributed by atoms with van der Waals surface area (Å²) in [7, 11) is 0. The van der Waals surface area contributed by atoms with Gasteiger partial charge in [0.05, 0.1) is 11.7 Å². The van der Waals surface area contributed by atoms with Crippen LogP contribution < -0.4 is 5.73 Å². The molecule has 130 valence electrons. The molecule has 6 nitrogen and oxygen atoms in total. The number of benzene rings is 1. The number of hydrogen-bond donors (Lipinski definition) is 1. The van der Waals surface area contributed by atoms with Gasteiger partial charge in [0.2, 0.25) is 0 Å². The summed E-state index contributed by atoms with van der Waals surface area (Å²) in [5.74, 6) is 0.518. The summed E-state index contributed by atoms with van der Waals surface area (Å²) in [5, 5.41) is 5.56. The number of carbonyl (C=O) groups excluding carboxylic acids is 1. The van der Waals surface area contributed by atoms with Crippen LogP contribution in [0.4, 0.5) is 10.5 Å². The highest BCUT2D eigenvalue weighted by Gasteiger charge is 2.27. The third-order valence-electron chi connectivity index (χ3n) is 4.36. The van der Waals surface area contributed by atoms with E-state index < -0.39 is 5.60 Å². The van der Waals surface area contributed by atoms with Gasteiger partial charge in [-0.05, 0) is 57.7 Å². The third kappa shape index (κ3) is 3.80. The van der Waals surface area contributed by atoms with E-state index in [0.717, 1.165) is 49.1 Å². The average Bonchev–Trinajstić information content (AvgIpc) is 2.88. The number of carbonyl (C=O) groups is 1. The van der Waals surface area contributed by atoms with Gasteiger partial charge in [-0.1, -0.05) is 0 Å². The van der Waals surface area contributed by atoms with Crippen LogP contribution in [0.2, 0.25) is 0 Å². The molecule has 1 fully saturated rings. The molecule has 2 heterocycles. The van der Waals surface area contributed by atoms with Crippen LogP contribution in [-0.2, 0) is 11.3 Å². The Balaban J connectivity index is 1.58. The van der Waals surface area contributed by atoms with Crippen molar-refractivity contribution in [1.82, 2.24) is 14.7 Å². The van der Waals surface area contributed by atoms with Crippen molar-refractivity contribution in [3.05, 3.63) is 24.4 Å². The molecule has 1 amide bonds. The van der Waals surface area contributed by atoms with Crippen molar-refractivity contribution in [1.29, 1.82) is 0 Å². The lowest BCUT2D eigenvalue weighted by atomic mass is 9.97. The molecule has 0 aliphatic carbocycles. The van der Waals surface area contributed by atoms with E-state index in [1.54, 1.807) is 0 Å². The summed E-state index contributed by atoms with van der Waals surface area (Å²) in [4.78, 5) is 13.9. The van der Waals surface area contributed by atoms with Gasteiger partial charge >= 0.3 is 6.09 Å². The van der Waals surface area contributed by atoms with Crippen molar-refractivity contribution in [2.75, 3.05) is 18.8 Å². The fourth-order valence-corrected chi connectivity index (χ4v) is 3.12. The van der Waals surface area contributed by atoms with E-state index in [9.17, 15) is 4.79 Å². The Morgan fingerprint density at radius 3 is 2.71 bits per heavy atom. The smallest absolute Gasteiger partial charge is 0.410 e. The second-order valence-corrected chi connectivity index (χ2v) is 7.56. The Morgan fingerprint density at radius 1 is 1.33 bits per heavy atom. The fourth-order valence-electron chi connectivity index (χ4n) is 3.12. The number of aromatic nitrogens is 2. The monoisotopic (exact) mass is 330 g/mol. The van der Waals surface area contributed by atoms with Gasteiger partial charge in [-0.15, -0.1) is 0 Å². The summed E-state index contributed by atoms with van der Waals surface area (Å²) < 4.78 is 7.49. The molecule has 1 aliphatic rings. The Bertz CT molecular complexity index is 724. The van der Waals surface area contributed by atoms with Gasteiger partial charge < -0.3 is 15.4 Å². The molecule has 0 atom stereocenters. The zero-order valence-corrected chi connectivity index (χ0v) is 14.7. The molecule has 1 saturated heterocycles. The predicted octanol–water partition coefficient (Wildman–Crippen LogP) is 3.27. The van der Waals surface area contributed by atoms with E-state index in [-0.39, 0.29) is 6.09 Å². The van der Waals surface area contributed by atoms with E-state index in [1.165, 1.54) is 0 Å². The number of anilines is 1. The maximum Gasteiger partial charge on any atom is 0.410 e. The average molecular weight is 330 g/mol. The van der Waals surface area contributed by atoms with Gasteiger partial charge in [0.25, 0.3) is 0 Å². The van der Waals surface area contributed by atoms with Crippen LogP contribution in [0, 0.1) is 5.92 Å². The first-order chi connectivity index (χ1) is 11.3. The maximum atomic E-state index is 12.1. The van der Waals surface area contributed by atoms with Crippen molar-refractivity contribution >= 4 is 22.7 Å². The molecule has 2 N–H and O–H groups in total. The summed E-state index contributed by atoms with van der Waals surface area (Å²) in [6.07, 6.45) is 3.59. The van der Waals surface area contributed by atoms with Crippen LogP contribution in [0.15, 0.2) is 24.4 Å². The van der Waals surface area contributed by atoms with Crippen LogP contribution >= 0.6 is 0 Å². The third-order valence-corrected chi connectivity index (χ3v) is 4.36. The molecule has 0 unspecified atom stereocenters. The summed E-state index contributed by atoms with van der Waals surface area (Å²) in [6.45, 7) is 8.04. The first kappa shape index (κ1) is 16.6. The van der Waals surface area contributed by atoms with Crippen molar-refractivity contribution in [2.45, 2.75) is 45.8 Å². The fraction of sp³-hybridized carbons (Fsp3) is 0.556. The molecular formula is C18H26N4O2. The van der Waals surface area contributed by atoms with Crippen LogP contribution in [0.1, 0.15) is 33.6 Å². The molecule has 0 spiro atoms. The summed E-state index contributed by atoms with van der Waals surface area (Å²) in [5.41, 5.74) is 7.24. The van der Waals surface area contributed by atoms with Gasteiger partial charge in [0.1, 0.15) is 5.60 Å². The van der Waals surface area contributed by atoms with Gasteiger partial charge in [0, 0.05) is 30.7 Å². The minimum atomic E-state index is -0.441. The van der Waals surface area contributed by atoms with E-state index in [4.69, 9.17) is 10.5 Å². The number of likely N-dealkylation sites (tertiary alicyclic amines) is 1. The maximum absolute atomic E-state index is 12.1. The lowest BCUT2D eigenvalue weighted by Crippen LogP contribution is -2.42. The van der Waals surface area contributed by atoms with E-state index >= 15 is 0 Å². The summed E-state index contributed by atoms with van der Waals surface area (Å²) in [6, 6.07) is 5.88. The van der Waals surface area contributed by atoms with Crippen LogP contribution in [-0.4, -0.2) is 39.5 Å². The molecule has 24 heavy (non-hydrogen) atoms. The molecule has 3 rings (SSSR count).